The molecule has 0 aromatic rings. The van der Waals surface area contributed by atoms with Crippen LogP contribution in [0.25, 0.3) is 0 Å². The molecule has 0 aromatic carbocycles. The Kier molecular flexibility index (Phi) is 4.56. The highest BCUT2D eigenvalue weighted by Gasteiger charge is 2.28. The van der Waals surface area contributed by atoms with Crippen LogP contribution in [0.1, 0.15) is 33.1 Å². The molecule has 3 N–H and O–H groups in total. The number of nitrogens with one attached hydrogen (secondary N) is 1. The zero-order valence-corrected chi connectivity index (χ0v) is 10.7. The van der Waals surface area contributed by atoms with E-state index in [2.05, 4.69) is 38.2 Å². The van der Waals surface area contributed by atoms with E-state index < -0.39 is 0 Å². The quantitative estimate of drug-likeness (QED) is 0.733. The summed E-state index contributed by atoms with van der Waals surface area (Å²) in [7, 11) is 4.28. The minimum Gasteiger partial charge on any atom is -0.326 e. The molecule has 0 amide bonds. The van der Waals surface area contributed by atoms with E-state index in [-0.39, 0.29) is 5.54 Å². The lowest BCUT2D eigenvalue weighted by atomic mass is 9.84. The number of piperidine rings is 1. The van der Waals surface area contributed by atoms with Gasteiger partial charge in [-0.15, -0.1) is 0 Å². The smallest absolute Gasteiger partial charge is 0.0122 e. The van der Waals surface area contributed by atoms with Crippen LogP contribution < -0.4 is 11.1 Å². The Morgan fingerprint density at radius 1 is 1.53 bits per heavy atom. The molecule has 15 heavy (non-hydrogen) atoms. The first-order valence-electron chi connectivity index (χ1n) is 6.07. The van der Waals surface area contributed by atoms with Gasteiger partial charge in [0.2, 0.25) is 0 Å². The highest BCUT2D eigenvalue weighted by Crippen LogP contribution is 2.23. The van der Waals surface area contributed by atoms with Crippen molar-refractivity contribution < 1.29 is 0 Å². The van der Waals surface area contributed by atoms with Gasteiger partial charge in [0.25, 0.3) is 0 Å². The molecule has 1 aliphatic rings. The maximum absolute atomic E-state index is 6.10. The monoisotopic (exact) mass is 213 g/mol. The summed E-state index contributed by atoms with van der Waals surface area (Å²) >= 11 is 0. The lowest BCUT2D eigenvalue weighted by Crippen LogP contribution is -2.48. The molecule has 0 aromatic heterocycles. The number of hydrogen-bond acceptors (Lipinski definition) is 3. The van der Waals surface area contributed by atoms with E-state index in [1.807, 2.05) is 0 Å². The first-order valence-corrected chi connectivity index (χ1v) is 6.07. The van der Waals surface area contributed by atoms with Crippen molar-refractivity contribution in [3.63, 3.8) is 0 Å². The molecule has 1 heterocycles. The summed E-state index contributed by atoms with van der Waals surface area (Å²) < 4.78 is 0. The Morgan fingerprint density at radius 2 is 2.20 bits per heavy atom. The molecule has 1 rings (SSSR count). The van der Waals surface area contributed by atoms with Crippen LogP contribution in [-0.4, -0.2) is 43.7 Å². The summed E-state index contributed by atoms with van der Waals surface area (Å²) in [6.07, 6.45) is 3.72. The van der Waals surface area contributed by atoms with E-state index >= 15 is 0 Å². The zero-order valence-electron chi connectivity index (χ0n) is 10.7. The minimum absolute atomic E-state index is 0.0658. The molecule has 2 unspecified atom stereocenters. The lowest BCUT2D eigenvalue weighted by Gasteiger charge is -2.37. The zero-order chi connectivity index (χ0) is 11.5. The van der Waals surface area contributed by atoms with Gasteiger partial charge < -0.3 is 16.0 Å². The maximum atomic E-state index is 6.10. The summed E-state index contributed by atoms with van der Waals surface area (Å²) in [4.78, 5) is 2.43. The minimum atomic E-state index is -0.0658. The van der Waals surface area contributed by atoms with Crippen LogP contribution in [0.2, 0.25) is 0 Å². The van der Waals surface area contributed by atoms with Crippen LogP contribution in [0, 0.1) is 5.92 Å². The molecule has 3 nitrogen and oxygen atoms in total. The third-order valence-electron chi connectivity index (χ3n) is 3.35. The van der Waals surface area contributed by atoms with Gasteiger partial charge in [-0.05, 0) is 59.7 Å². The normalized spacial score (nSPS) is 26.6. The second-order valence-electron chi connectivity index (χ2n) is 5.75. The van der Waals surface area contributed by atoms with Crippen LogP contribution in [0.4, 0.5) is 0 Å². The summed E-state index contributed by atoms with van der Waals surface area (Å²) in [6.45, 7) is 6.69. The first-order chi connectivity index (χ1) is 6.92. The molecule has 1 fully saturated rings. The van der Waals surface area contributed by atoms with Crippen LogP contribution >= 0.6 is 0 Å². The van der Waals surface area contributed by atoms with E-state index in [4.69, 9.17) is 5.73 Å². The lowest BCUT2D eigenvalue weighted by molar-refractivity contribution is 0.162. The molecule has 0 radical (unpaired) electrons. The SMILES string of the molecule is CNC(CC(C)(C)N)C1CCCN(C)C1. The van der Waals surface area contributed by atoms with Crippen molar-refractivity contribution in [1.29, 1.82) is 0 Å². The number of hydrogen-bond donors (Lipinski definition) is 2. The first kappa shape index (κ1) is 12.9. The van der Waals surface area contributed by atoms with Gasteiger partial charge in [0.1, 0.15) is 0 Å². The van der Waals surface area contributed by atoms with Gasteiger partial charge in [0.15, 0.2) is 0 Å². The van der Waals surface area contributed by atoms with Crippen LogP contribution in [0.3, 0.4) is 0 Å². The van der Waals surface area contributed by atoms with Crippen molar-refractivity contribution in [2.45, 2.75) is 44.7 Å². The van der Waals surface area contributed by atoms with Gasteiger partial charge in [-0.25, -0.2) is 0 Å². The third-order valence-corrected chi connectivity index (χ3v) is 3.35. The summed E-state index contributed by atoms with van der Waals surface area (Å²) in [5, 5.41) is 3.44. The number of likely N-dealkylation sites (tertiary alicyclic amines) is 1. The van der Waals surface area contributed by atoms with Crippen molar-refractivity contribution in [2.75, 3.05) is 27.2 Å². The van der Waals surface area contributed by atoms with E-state index in [1.54, 1.807) is 0 Å². The highest BCUT2D eigenvalue weighted by molar-refractivity contribution is 4.87. The van der Waals surface area contributed by atoms with Gasteiger partial charge >= 0.3 is 0 Å². The summed E-state index contributed by atoms with van der Waals surface area (Å²) in [6, 6.07) is 0.563. The Labute approximate surface area is 94.4 Å². The van der Waals surface area contributed by atoms with Gasteiger partial charge in [-0.2, -0.15) is 0 Å². The molecule has 0 bridgehead atoms. The molecule has 2 atom stereocenters. The molecule has 90 valence electrons. The fourth-order valence-electron chi connectivity index (χ4n) is 2.61. The molecule has 3 heteroatoms. The Morgan fingerprint density at radius 3 is 2.67 bits per heavy atom. The van der Waals surface area contributed by atoms with E-state index in [0.717, 1.165) is 12.3 Å². The van der Waals surface area contributed by atoms with Gasteiger partial charge in [0, 0.05) is 18.1 Å². The van der Waals surface area contributed by atoms with Crippen molar-refractivity contribution in [3.8, 4) is 0 Å². The molecule has 1 saturated heterocycles. The fourth-order valence-corrected chi connectivity index (χ4v) is 2.61. The molecule has 0 aliphatic carbocycles. The Balaban J connectivity index is 2.50. The molecular weight excluding hydrogens is 186 g/mol. The number of nitrogens with zero attached hydrogens (tertiary/aromatic N) is 1. The molecule has 0 spiro atoms. The van der Waals surface area contributed by atoms with Crippen molar-refractivity contribution >= 4 is 0 Å². The number of rotatable bonds is 4. The molecule has 1 aliphatic heterocycles. The Bertz CT molecular complexity index is 186. The van der Waals surface area contributed by atoms with E-state index in [0.29, 0.717) is 6.04 Å². The van der Waals surface area contributed by atoms with Crippen molar-refractivity contribution in [1.82, 2.24) is 10.2 Å². The van der Waals surface area contributed by atoms with Gasteiger partial charge in [-0.3, -0.25) is 0 Å². The third kappa shape index (κ3) is 4.49. The summed E-state index contributed by atoms with van der Waals surface area (Å²) in [5.41, 5.74) is 6.03. The average molecular weight is 213 g/mol. The van der Waals surface area contributed by atoms with Gasteiger partial charge in [-0.1, -0.05) is 0 Å². The average Bonchev–Trinajstić information content (AvgIpc) is 2.13. The second kappa shape index (κ2) is 5.28. The highest BCUT2D eigenvalue weighted by atomic mass is 15.1. The largest absolute Gasteiger partial charge is 0.326 e. The number of nitrogens with two attached hydrogens (primary N) is 1. The predicted octanol–water partition coefficient (Wildman–Crippen LogP) is 1.04. The standard InChI is InChI=1S/C12H27N3/c1-12(2,13)8-11(14-3)10-6-5-7-15(4)9-10/h10-11,14H,5-9,13H2,1-4H3. The molecular formula is C12H27N3. The van der Waals surface area contributed by atoms with E-state index in [9.17, 15) is 0 Å². The van der Waals surface area contributed by atoms with Crippen molar-refractivity contribution in [3.05, 3.63) is 0 Å². The Hall–Kier alpha value is -0.120. The van der Waals surface area contributed by atoms with Crippen LogP contribution in [0.15, 0.2) is 0 Å². The summed E-state index contributed by atoms with van der Waals surface area (Å²) in [5.74, 6) is 0.761. The fraction of sp³-hybridized carbons (Fsp3) is 1.00. The van der Waals surface area contributed by atoms with Crippen molar-refractivity contribution in [2.24, 2.45) is 11.7 Å². The van der Waals surface area contributed by atoms with E-state index in [1.165, 1.54) is 25.9 Å². The predicted molar refractivity (Wildman–Crippen MR) is 66.0 cm³/mol. The maximum Gasteiger partial charge on any atom is 0.0122 e. The van der Waals surface area contributed by atoms with Crippen LogP contribution in [0.5, 0.6) is 0 Å². The molecule has 0 saturated carbocycles. The topological polar surface area (TPSA) is 41.3 Å². The second-order valence-corrected chi connectivity index (χ2v) is 5.75. The van der Waals surface area contributed by atoms with Crippen LogP contribution in [-0.2, 0) is 0 Å². The van der Waals surface area contributed by atoms with Gasteiger partial charge in [0.05, 0.1) is 0 Å².